The van der Waals surface area contributed by atoms with E-state index in [1.54, 1.807) is 47.6 Å². The normalized spacial score (nSPS) is 16.5. The number of aromatic nitrogens is 4. The van der Waals surface area contributed by atoms with Crippen LogP contribution in [0.4, 0.5) is 10.6 Å². The standard InChI is InChI=1S/C28H32N6O4S/c1-19-9-11-21(12-10-19)39(36,37)34-17-22(23-8-6-7-13-29-23)24-25(30-18-31-26(24)34)32-14-15-33(20(2)16-32)27(35)38-28(3,4)5/h6-13,17-18,20H,14-16H2,1-5H3/t20-/m1/s1. The molecule has 0 N–H and O–H groups in total. The minimum Gasteiger partial charge on any atom is -0.444 e. The molecule has 4 heterocycles. The van der Waals surface area contributed by atoms with Crippen molar-refractivity contribution in [3.05, 3.63) is 66.7 Å². The van der Waals surface area contributed by atoms with Gasteiger partial charge in [0.05, 0.1) is 16.0 Å². The number of amides is 1. The summed E-state index contributed by atoms with van der Waals surface area (Å²) in [5.74, 6) is 0.592. The molecule has 0 radical (unpaired) electrons. The van der Waals surface area contributed by atoms with Crippen LogP contribution in [0.15, 0.2) is 66.1 Å². The molecule has 11 heteroatoms. The van der Waals surface area contributed by atoms with Gasteiger partial charge in [-0.3, -0.25) is 4.98 Å². The van der Waals surface area contributed by atoms with Gasteiger partial charge in [-0.05, 0) is 58.9 Å². The molecule has 1 aliphatic heterocycles. The lowest BCUT2D eigenvalue weighted by Gasteiger charge is -2.40. The first-order valence-corrected chi connectivity index (χ1v) is 14.2. The molecule has 0 aliphatic carbocycles. The van der Waals surface area contributed by atoms with Crippen LogP contribution in [0.25, 0.3) is 22.3 Å². The molecule has 1 aliphatic rings. The van der Waals surface area contributed by atoms with Crippen molar-refractivity contribution in [2.24, 2.45) is 0 Å². The van der Waals surface area contributed by atoms with Crippen molar-refractivity contribution in [2.45, 2.75) is 51.2 Å². The molecular weight excluding hydrogens is 516 g/mol. The van der Waals surface area contributed by atoms with Crippen molar-refractivity contribution in [3.8, 4) is 11.3 Å². The zero-order chi connectivity index (χ0) is 27.9. The first kappa shape index (κ1) is 26.6. The van der Waals surface area contributed by atoms with Crippen LogP contribution in [0.5, 0.6) is 0 Å². The van der Waals surface area contributed by atoms with Crippen LogP contribution in [0, 0.1) is 6.92 Å². The molecule has 5 rings (SSSR count). The third-order valence-electron chi connectivity index (χ3n) is 6.61. The lowest BCUT2D eigenvalue weighted by molar-refractivity contribution is 0.0158. The van der Waals surface area contributed by atoms with Gasteiger partial charge in [0, 0.05) is 43.6 Å². The van der Waals surface area contributed by atoms with Gasteiger partial charge in [-0.1, -0.05) is 23.8 Å². The lowest BCUT2D eigenvalue weighted by Crippen LogP contribution is -2.55. The number of carbonyl (C=O) groups excluding carboxylic acids is 1. The van der Waals surface area contributed by atoms with E-state index < -0.39 is 15.6 Å². The molecule has 1 atom stereocenters. The van der Waals surface area contributed by atoms with Crippen LogP contribution >= 0.6 is 0 Å². The number of anilines is 1. The number of ether oxygens (including phenoxy) is 1. The summed E-state index contributed by atoms with van der Waals surface area (Å²) in [6.45, 7) is 10.8. The molecule has 0 unspecified atom stereocenters. The van der Waals surface area contributed by atoms with Crippen LogP contribution in [0.1, 0.15) is 33.3 Å². The Morgan fingerprint density at radius 1 is 1.03 bits per heavy atom. The maximum Gasteiger partial charge on any atom is 0.410 e. The van der Waals surface area contributed by atoms with Gasteiger partial charge in [-0.15, -0.1) is 0 Å². The number of carbonyl (C=O) groups is 1. The van der Waals surface area contributed by atoms with E-state index in [9.17, 15) is 13.2 Å². The van der Waals surface area contributed by atoms with E-state index in [0.29, 0.717) is 42.1 Å². The number of rotatable bonds is 4. The Kier molecular flexibility index (Phi) is 6.79. The van der Waals surface area contributed by atoms with Crippen molar-refractivity contribution in [1.29, 1.82) is 0 Å². The second-order valence-corrected chi connectivity index (χ2v) is 12.6. The third kappa shape index (κ3) is 5.18. The Balaban J connectivity index is 1.60. The third-order valence-corrected chi connectivity index (χ3v) is 8.27. The first-order valence-electron chi connectivity index (χ1n) is 12.8. The van der Waals surface area contributed by atoms with E-state index in [2.05, 4.69) is 19.9 Å². The maximum atomic E-state index is 13.8. The summed E-state index contributed by atoms with van der Waals surface area (Å²) < 4.78 is 34.4. The Bertz CT molecular complexity index is 1610. The number of fused-ring (bicyclic) bond motifs is 1. The fraction of sp³-hybridized carbons (Fsp3) is 0.357. The molecule has 4 aromatic rings. The quantitative estimate of drug-likeness (QED) is 0.367. The number of benzene rings is 1. The van der Waals surface area contributed by atoms with Crippen molar-refractivity contribution < 1.29 is 17.9 Å². The smallest absolute Gasteiger partial charge is 0.410 e. The Morgan fingerprint density at radius 2 is 1.77 bits per heavy atom. The molecule has 1 fully saturated rings. The Labute approximate surface area is 228 Å². The van der Waals surface area contributed by atoms with Gasteiger partial charge >= 0.3 is 6.09 Å². The number of aryl methyl sites for hydroxylation is 1. The highest BCUT2D eigenvalue weighted by atomic mass is 32.2. The van der Waals surface area contributed by atoms with E-state index in [4.69, 9.17) is 4.74 Å². The number of nitrogens with zero attached hydrogens (tertiary/aromatic N) is 6. The van der Waals surface area contributed by atoms with Gasteiger partial charge in [0.1, 0.15) is 17.7 Å². The zero-order valence-corrected chi connectivity index (χ0v) is 23.5. The Hall–Kier alpha value is -3.99. The van der Waals surface area contributed by atoms with Crippen molar-refractivity contribution in [1.82, 2.24) is 23.8 Å². The lowest BCUT2D eigenvalue weighted by atomic mass is 10.1. The number of hydrogen-bond donors (Lipinski definition) is 0. The van der Waals surface area contributed by atoms with Crippen LogP contribution < -0.4 is 4.90 Å². The summed E-state index contributed by atoms with van der Waals surface area (Å²) in [4.78, 5) is 30.2. The second kappa shape index (κ2) is 9.96. The molecular formula is C28H32N6O4S. The Morgan fingerprint density at radius 3 is 2.41 bits per heavy atom. The molecule has 0 spiro atoms. The van der Waals surface area contributed by atoms with Gasteiger partial charge in [0.15, 0.2) is 5.65 Å². The van der Waals surface area contributed by atoms with Gasteiger partial charge in [0.2, 0.25) is 0 Å². The summed E-state index contributed by atoms with van der Waals surface area (Å²) >= 11 is 0. The van der Waals surface area contributed by atoms with Gasteiger partial charge in [0.25, 0.3) is 10.0 Å². The molecule has 10 nitrogen and oxygen atoms in total. The van der Waals surface area contributed by atoms with E-state index in [-0.39, 0.29) is 22.7 Å². The molecule has 0 saturated carbocycles. The van der Waals surface area contributed by atoms with E-state index in [0.717, 1.165) is 5.56 Å². The highest BCUT2D eigenvalue weighted by Gasteiger charge is 2.33. The molecule has 3 aromatic heterocycles. The minimum atomic E-state index is -3.95. The van der Waals surface area contributed by atoms with Gasteiger partial charge < -0.3 is 14.5 Å². The average Bonchev–Trinajstić information content (AvgIpc) is 3.29. The number of hydrogen-bond acceptors (Lipinski definition) is 8. The summed E-state index contributed by atoms with van der Waals surface area (Å²) in [6, 6.07) is 12.1. The molecule has 39 heavy (non-hydrogen) atoms. The maximum absolute atomic E-state index is 13.8. The van der Waals surface area contributed by atoms with Crippen molar-refractivity contribution in [3.63, 3.8) is 0 Å². The highest BCUT2D eigenvalue weighted by Crippen LogP contribution is 2.37. The topological polar surface area (TPSA) is 111 Å². The van der Waals surface area contributed by atoms with Crippen LogP contribution in [-0.2, 0) is 14.8 Å². The summed E-state index contributed by atoms with van der Waals surface area (Å²) in [5.41, 5.74) is 1.86. The van der Waals surface area contributed by atoms with Crippen molar-refractivity contribution in [2.75, 3.05) is 24.5 Å². The van der Waals surface area contributed by atoms with Gasteiger partial charge in [-0.2, -0.15) is 0 Å². The van der Waals surface area contributed by atoms with E-state index in [1.807, 2.05) is 46.8 Å². The van der Waals surface area contributed by atoms with E-state index in [1.165, 1.54) is 10.3 Å². The van der Waals surface area contributed by atoms with E-state index >= 15 is 0 Å². The van der Waals surface area contributed by atoms with Gasteiger partial charge in [-0.25, -0.2) is 27.2 Å². The molecule has 1 saturated heterocycles. The minimum absolute atomic E-state index is 0.157. The highest BCUT2D eigenvalue weighted by molar-refractivity contribution is 7.90. The largest absolute Gasteiger partial charge is 0.444 e. The predicted molar refractivity (Wildman–Crippen MR) is 149 cm³/mol. The van der Waals surface area contributed by atoms with Crippen LogP contribution in [-0.4, -0.2) is 69.6 Å². The fourth-order valence-electron chi connectivity index (χ4n) is 4.72. The summed E-state index contributed by atoms with van der Waals surface area (Å²) in [7, 11) is -3.95. The monoisotopic (exact) mass is 548 g/mol. The fourth-order valence-corrected chi connectivity index (χ4v) is 6.04. The zero-order valence-electron chi connectivity index (χ0n) is 22.7. The molecule has 1 amide bonds. The average molecular weight is 549 g/mol. The SMILES string of the molecule is Cc1ccc(S(=O)(=O)n2cc(-c3ccccn3)c3c(N4CCN(C(=O)OC(C)(C)C)[C@H](C)C4)ncnc32)cc1. The molecule has 0 bridgehead atoms. The number of pyridine rings is 1. The van der Waals surface area contributed by atoms with Crippen LogP contribution in [0.3, 0.4) is 0 Å². The van der Waals surface area contributed by atoms with Crippen LogP contribution in [0.2, 0.25) is 0 Å². The first-order chi connectivity index (χ1) is 18.5. The molecule has 1 aromatic carbocycles. The predicted octanol–water partition coefficient (Wildman–Crippen LogP) is 4.48. The second-order valence-electron chi connectivity index (χ2n) is 10.7. The summed E-state index contributed by atoms with van der Waals surface area (Å²) in [5, 5.41) is 0.588. The molecule has 204 valence electrons. The summed E-state index contributed by atoms with van der Waals surface area (Å²) in [6.07, 6.45) is 4.26. The van der Waals surface area contributed by atoms with Crippen molar-refractivity contribution >= 4 is 33.0 Å². The number of piperazine rings is 1.